The van der Waals surface area contributed by atoms with E-state index in [2.05, 4.69) is 21.6 Å². The first-order valence-electron chi connectivity index (χ1n) is 8.91. The highest BCUT2D eigenvalue weighted by Crippen LogP contribution is 2.30. The molecule has 0 spiro atoms. The minimum absolute atomic E-state index is 0.0123. The first-order chi connectivity index (χ1) is 12.6. The van der Waals surface area contributed by atoms with E-state index in [4.69, 9.17) is 5.73 Å². The van der Waals surface area contributed by atoms with Crippen molar-refractivity contribution in [3.8, 4) is 0 Å². The third kappa shape index (κ3) is 5.80. The fourth-order valence-corrected chi connectivity index (χ4v) is 2.91. The molecule has 1 aromatic heterocycles. The van der Waals surface area contributed by atoms with Crippen LogP contribution < -0.4 is 5.73 Å². The number of benzene rings is 1. The van der Waals surface area contributed by atoms with E-state index < -0.39 is 17.5 Å². The Kier molecular flexibility index (Phi) is 6.62. The van der Waals surface area contributed by atoms with Crippen LogP contribution in [0.1, 0.15) is 56.0 Å². The Bertz CT molecular complexity index is 756. The molecule has 27 heavy (non-hydrogen) atoms. The van der Waals surface area contributed by atoms with Crippen molar-refractivity contribution in [2.24, 2.45) is 11.1 Å². The lowest BCUT2D eigenvalue weighted by atomic mass is 9.78. The number of aryl methyl sites for hydroxylation is 2. The number of carbonyl (C=O) groups is 1. The Morgan fingerprint density at radius 1 is 1.15 bits per heavy atom. The molecular weight excluding hydrogens is 359 g/mol. The Balaban J connectivity index is 1.89. The SMILES string of the molecule is CCc1ccc(CC(C)(CCCCc2noc(C(F)(F)F)n2)C(N)=O)cc1. The Hall–Kier alpha value is -2.38. The molecule has 1 unspecified atom stereocenters. The molecule has 0 aliphatic rings. The van der Waals surface area contributed by atoms with Gasteiger partial charge in [-0.3, -0.25) is 4.79 Å². The van der Waals surface area contributed by atoms with Gasteiger partial charge in [0.25, 0.3) is 0 Å². The standard InChI is InChI=1S/C19H24F3N3O2/c1-3-13-7-9-14(10-8-13)12-18(2,16(23)26)11-5-4-6-15-24-17(27-25-15)19(20,21)22/h7-10H,3-6,11-12H2,1-2H3,(H2,23,26). The van der Waals surface area contributed by atoms with Crippen LogP contribution in [0.2, 0.25) is 0 Å². The average Bonchev–Trinajstić information content (AvgIpc) is 3.09. The van der Waals surface area contributed by atoms with Crippen LogP contribution in [0.4, 0.5) is 13.2 Å². The number of alkyl halides is 3. The van der Waals surface area contributed by atoms with Crippen LogP contribution in [0, 0.1) is 5.41 Å². The molecular formula is C19H24F3N3O2. The second-order valence-electron chi connectivity index (χ2n) is 6.99. The molecule has 5 nitrogen and oxygen atoms in total. The van der Waals surface area contributed by atoms with Crippen LogP contribution in [0.5, 0.6) is 0 Å². The van der Waals surface area contributed by atoms with E-state index in [1.54, 1.807) is 0 Å². The van der Waals surface area contributed by atoms with E-state index in [0.717, 1.165) is 12.0 Å². The summed E-state index contributed by atoms with van der Waals surface area (Å²) in [6.07, 6.45) is -1.24. The van der Waals surface area contributed by atoms with Crippen LogP contribution >= 0.6 is 0 Å². The van der Waals surface area contributed by atoms with Crippen molar-refractivity contribution in [1.29, 1.82) is 0 Å². The maximum absolute atomic E-state index is 12.4. The number of hydrogen-bond donors (Lipinski definition) is 1. The number of nitrogens with two attached hydrogens (primary N) is 1. The molecule has 0 aliphatic heterocycles. The topological polar surface area (TPSA) is 82.0 Å². The zero-order valence-electron chi connectivity index (χ0n) is 15.5. The fourth-order valence-electron chi connectivity index (χ4n) is 2.91. The molecule has 0 aliphatic carbocycles. The summed E-state index contributed by atoms with van der Waals surface area (Å²) >= 11 is 0. The molecule has 2 rings (SSSR count). The predicted octanol–water partition coefficient (Wildman–Crippen LogP) is 4.10. The van der Waals surface area contributed by atoms with Crippen molar-refractivity contribution in [3.05, 3.63) is 47.1 Å². The Labute approximate surface area is 156 Å². The van der Waals surface area contributed by atoms with Crippen LogP contribution in [0.15, 0.2) is 28.8 Å². The summed E-state index contributed by atoms with van der Waals surface area (Å²) < 4.78 is 41.5. The number of nitrogens with zero attached hydrogens (tertiary/aromatic N) is 2. The summed E-state index contributed by atoms with van der Waals surface area (Å²) in [6.45, 7) is 3.89. The number of halogens is 3. The number of rotatable bonds is 9. The van der Waals surface area contributed by atoms with Gasteiger partial charge in [-0.25, -0.2) is 0 Å². The third-order valence-corrected chi connectivity index (χ3v) is 4.71. The lowest BCUT2D eigenvalue weighted by Crippen LogP contribution is -2.36. The van der Waals surface area contributed by atoms with E-state index in [9.17, 15) is 18.0 Å². The van der Waals surface area contributed by atoms with Crippen molar-refractivity contribution in [1.82, 2.24) is 10.1 Å². The molecule has 1 aromatic carbocycles. The highest BCUT2D eigenvalue weighted by atomic mass is 19.4. The van der Waals surface area contributed by atoms with Crippen molar-refractivity contribution in [2.75, 3.05) is 0 Å². The third-order valence-electron chi connectivity index (χ3n) is 4.71. The Morgan fingerprint density at radius 2 is 1.78 bits per heavy atom. The molecule has 2 aromatic rings. The number of primary amides is 1. The minimum atomic E-state index is -4.64. The summed E-state index contributed by atoms with van der Waals surface area (Å²) in [6, 6.07) is 8.06. The van der Waals surface area contributed by atoms with E-state index in [-0.39, 0.29) is 18.2 Å². The monoisotopic (exact) mass is 383 g/mol. The number of unbranched alkanes of at least 4 members (excludes halogenated alkanes) is 1. The maximum Gasteiger partial charge on any atom is 0.471 e. The van der Waals surface area contributed by atoms with Crippen LogP contribution in [0.3, 0.4) is 0 Å². The molecule has 0 bridgehead atoms. The molecule has 1 heterocycles. The Morgan fingerprint density at radius 3 is 2.30 bits per heavy atom. The fraction of sp³-hybridized carbons (Fsp3) is 0.526. The lowest BCUT2D eigenvalue weighted by molar-refractivity contribution is -0.159. The maximum atomic E-state index is 12.4. The average molecular weight is 383 g/mol. The van der Waals surface area contributed by atoms with Gasteiger partial charge < -0.3 is 10.3 Å². The normalized spacial score (nSPS) is 14.1. The van der Waals surface area contributed by atoms with Gasteiger partial charge in [-0.05, 0) is 36.8 Å². The molecule has 1 atom stereocenters. The van der Waals surface area contributed by atoms with Crippen LogP contribution in [-0.2, 0) is 30.2 Å². The van der Waals surface area contributed by atoms with Crippen molar-refractivity contribution >= 4 is 5.91 Å². The second kappa shape index (κ2) is 8.54. The molecule has 8 heteroatoms. The van der Waals surface area contributed by atoms with E-state index in [0.29, 0.717) is 25.7 Å². The van der Waals surface area contributed by atoms with Gasteiger partial charge >= 0.3 is 12.1 Å². The van der Waals surface area contributed by atoms with Crippen molar-refractivity contribution < 1.29 is 22.5 Å². The number of carbonyl (C=O) groups excluding carboxylic acids is 1. The van der Waals surface area contributed by atoms with Gasteiger partial charge in [-0.1, -0.05) is 49.7 Å². The quantitative estimate of drug-likeness (QED) is 0.661. The van der Waals surface area contributed by atoms with Gasteiger partial charge in [-0.15, -0.1) is 0 Å². The first kappa shape index (κ1) is 20.9. The number of amides is 1. The lowest BCUT2D eigenvalue weighted by Gasteiger charge is -2.26. The van der Waals surface area contributed by atoms with Gasteiger partial charge in [0.1, 0.15) is 0 Å². The van der Waals surface area contributed by atoms with E-state index in [1.165, 1.54) is 5.56 Å². The molecule has 0 saturated carbocycles. The van der Waals surface area contributed by atoms with Gasteiger partial charge in [0, 0.05) is 6.42 Å². The largest absolute Gasteiger partial charge is 0.471 e. The van der Waals surface area contributed by atoms with Gasteiger partial charge in [0.15, 0.2) is 5.82 Å². The summed E-state index contributed by atoms with van der Waals surface area (Å²) in [5.74, 6) is -1.71. The van der Waals surface area contributed by atoms with E-state index in [1.807, 2.05) is 31.2 Å². The molecule has 0 saturated heterocycles. The smallest absolute Gasteiger partial charge is 0.369 e. The molecule has 148 valence electrons. The summed E-state index contributed by atoms with van der Waals surface area (Å²) in [4.78, 5) is 15.3. The minimum Gasteiger partial charge on any atom is -0.369 e. The summed E-state index contributed by atoms with van der Waals surface area (Å²) in [5, 5.41) is 3.34. The predicted molar refractivity (Wildman–Crippen MR) is 93.7 cm³/mol. The van der Waals surface area contributed by atoms with Crippen molar-refractivity contribution in [3.63, 3.8) is 0 Å². The zero-order chi connectivity index (χ0) is 20.1. The molecule has 0 fully saturated rings. The summed E-state index contributed by atoms with van der Waals surface area (Å²) in [5.41, 5.74) is 7.15. The van der Waals surface area contributed by atoms with Gasteiger partial charge in [0.05, 0.1) is 5.41 Å². The van der Waals surface area contributed by atoms with Crippen LogP contribution in [0.25, 0.3) is 0 Å². The van der Waals surface area contributed by atoms with Crippen molar-refractivity contribution in [2.45, 2.75) is 58.5 Å². The molecule has 2 N–H and O–H groups in total. The molecule has 0 radical (unpaired) electrons. The second-order valence-corrected chi connectivity index (χ2v) is 6.99. The first-order valence-corrected chi connectivity index (χ1v) is 8.91. The zero-order valence-corrected chi connectivity index (χ0v) is 15.5. The highest BCUT2D eigenvalue weighted by Gasteiger charge is 2.38. The number of hydrogen-bond acceptors (Lipinski definition) is 4. The highest BCUT2D eigenvalue weighted by molar-refractivity contribution is 5.80. The van der Waals surface area contributed by atoms with Gasteiger partial charge in [0.2, 0.25) is 5.91 Å². The van der Waals surface area contributed by atoms with E-state index >= 15 is 0 Å². The molecule has 1 amide bonds. The summed E-state index contributed by atoms with van der Waals surface area (Å²) in [7, 11) is 0. The van der Waals surface area contributed by atoms with Crippen LogP contribution in [-0.4, -0.2) is 16.0 Å². The van der Waals surface area contributed by atoms with Gasteiger partial charge in [-0.2, -0.15) is 18.2 Å². The number of aromatic nitrogens is 2.